The van der Waals surface area contributed by atoms with Crippen molar-refractivity contribution in [2.24, 2.45) is 0 Å². The van der Waals surface area contributed by atoms with Crippen LogP contribution in [0.4, 0.5) is 0 Å². The smallest absolute Gasteiger partial charge is 0.232 e. The molecule has 0 spiro atoms. The number of nitrogens with one attached hydrogen (secondary N) is 1. The van der Waals surface area contributed by atoms with Gasteiger partial charge in [-0.2, -0.15) is 0 Å². The topological polar surface area (TPSA) is 83.6 Å². The Morgan fingerprint density at radius 2 is 1.96 bits per heavy atom. The van der Waals surface area contributed by atoms with Gasteiger partial charge in [-0.05, 0) is 30.5 Å². The maximum atomic E-state index is 12.1. The summed E-state index contributed by atoms with van der Waals surface area (Å²) >= 11 is 5.81. The lowest BCUT2D eigenvalue weighted by atomic mass is 10.1. The Morgan fingerprint density at radius 1 is 1.29 bits per heavy atom. The second-order valence-corrected chi connectivity index (χ2v) is 8.63. The largest absolute Gasteiger partial charge is 0.355 e. The van der Waals surface area contributed by atoms with Gasteiger partial charge in [-0.3, -0.25) is 9.59 Å². The van der Waals surface area contributed by atoms with Crippen LogP contribution in [0.2, 0.25) is 5.02 Å². The number of amides is 2. The van der Waals surface area contributed by atoms with E-state index < -0.39 is 9.84 Å². The predicted octanol–water partition coefficient (Wildman–Crippen LogP) is 1.03. The highest BCUT2D eigenvalue weighted by Gasteiger charge is 2.33. The Labute approximate surface area is 147 Å². The molecule has 0 radical (unpaired) electrons. The maximum Gasteiger partial charge on any atom is 0.232 e. The highest BCUT2D eigenvalue weighted by Crippen LogP contribution is 2.17. The molecule has 1 N–H and O–H groups in total. The molecule has 24 heavy (non-hydrogen) atoms. The minimum atomic E-state index is -3.05. The van der Waals surface area contributed by atoms with E-state index in [9.17, 15) is 18.0 Å². The van der Waals surface area contributed by atoms with E-state index in [1.165, 1.54) is 4.90 Å². The van der Waals surface area contributed by atoms with E-state index in [4.69, 9.17) is 11.6 Å². The molecule has 1 atom stereocenters. The monoisotopic (exact) mass is 372 g/mol. The van der Waals surface area contributed by atoms with Crippen LogP contribution < -0.4 is 5.32 Å². The molecular weight excluding hydrogens is 352 g/mol. The molecule has 1 saturated heterocycles. The summed E-state index contributed by atoms with van der Waals surface area (Å²) in [6.45, 7) is 0.426. The number of carbonyl (C=O) groups is 2. The molecule has 1 aromatic carbocycles. The zero-order chi connectivity index (χ0) is 17.7. The minimum absolute atomic E-state index is 0.0204. The van der Waals surface area contributed by atoms with Crippen LogP contribution in [0.15, 0.2) is 24.3 Å². The van der Waals surface area contributed by atoms with Gasteiger partial charge < -0.3 is 10.2 Å². The van der Waals surface area contributed by atoms with Crippen LogP contribution in [-0.4, -0.2) is 56.3 Å². The minimum Gasteiger partial charge on any atom is -0.355 e. The second kappa shape index (κ2) is 7.98. The molecule has 2 rings (SSSR count). The van der Waals surface area contributed by atoms with Gasteiger partial charge in [-0.15, -0.1) is 0 Å². The first kappa shape index (κ1) is 18.7. The predicted molar refractivity (Wildman–Crippen MR) is 92.6 cm³/mol. The van der Waals surface area contributed by atoms with E-state index in [0.29, 0.717) is 24.4 Å². The number of hydrogen-bond donors (Lipinski definition) is 1. The summed E-state index contributed by atoms with van der Waals surface area (Å²) in [4.78, 5) is 25.3. The molecule has 1 fully saturated rings. The van der Waals surface area contributed by atoms with Crippen molar-refractivity contribution in [3.8, 4) is 0 Å². The molecular formula is C16H21ClN2O4S. The van der Waals surface area contributed by atoms with E-state index in [2.05, 4.69) is 5.32 Å². The fraction of sp³-hybridized carbons (Fsp3) is 0.500. The molecule has 0 aromatic heterocycles. The van der Waals surface area contributed by atoms with Crippen LogP contribution in [0, 0.1) is 0 Å². The summed E-state index contributed by atoms with van der Waals surface area (Å²) in [5.74, 6) is -0.640. The Balaban J connectivity index is 1.73. The van der Waals surface area contributed by atoms with Crippen LogP contribution in [0.1, 0.15) is 18.4 Å². The first-order chi connectivity index (χ1) is 11.3. The number of sulfone groups is 1. The highest BCUT2D eigenvalue weighted by atomic mass is 35.5. The van der Waals surface area contributed by atoms with Crippen molar-refractivity contribution >= 4 is 33.3 Å². The number of carbonyl (C=O) groups excluding carboxylic acids is 2. The van der Waals surface area contributed by atoms with Gasteiger partial charge in [0.25, 0.3) is 0 Å². The normalized spacial score (nSPS) is 19.0. The van der Waals surface area contributed by atoms with Gasteiger partial charge >= 0.3 is 0 Å². The summed E-state index contributed by atoms with van der Waals surface area (Å²) in [6, 6.07) is 7.01. The lowest BCUT2D eigenvalue weighted by Gasteiger charge is -2.23. The quantitative estimate of drug-likeness (QED) is 0.756. The van der Waals surface area contributed by atoms with Crippen molar-refractivity contribution in [2.45, 2.75) is 25.3 Å². The summed E-state index contributed by atoms with van der Waals surface area (Å²) < 4.78 is 22.9. The average Bonchev–Trinajstić information content (AvgIpc) is 2.88. The maximum absolute atomic E-state index is 12.1. The molecule has 2 amide bonds. The summed E-state index contributed by atoms with van der Waals surface area (Å²) in [5.41, 5.74) is 1.04. The summed E-state index contributed by atoms with van der Waals surface area (Å²) in [7, 11) is -1.50. The highest BCUT2D eigenvalue weighted by molar-refractivity contribution is 7.91. The zero-order valence-corrected chi connectivity index (χ0v) is 15.1. The van der Waals surface area contributed by atoms with E-state index >= 15 is 0 Å². The van der Waals surface area contributed by atoms with Crippen LogP contribution >= 0.6 is 11.6 Å². The molecule has 0 aliphatic carbocycles. The molecule has 1 aliphatic heterocycles. The van der Waals surface area contributed by atoms with Crippen molar-refractivity contribution < 1.29 is 18.0 Å². The third-order valence-corrected chi connectivity index (χ3v) is 6.11. The van der Waals surface area contributed by atoms with Crippen LogP contribution in [0.5, 0.6) is 0 Å². The van der Waals surface area contributed by atoms with Crippen molar-refractivity contribution in [2.75, 3.05) is 25.1 Å². The Hall–Kier alpha value is -1.60. The Kier molecular flexibility index (Phi) is 6.23. The number of halogens is 1. The van der Waals surface area contributed by atoms with Gasteiger partial charge in [-0.1, -0.05) is 23.7 Å². The van der Waals surface area contributed by atoms with Crippen molar-refractivity contribution in [3.05, 3.63) is 34.9 Å². The first-order valence-corrected chi connectivity index (χ1v) is 9.94. The van der Waals surface area contributed by atoms with Crippen LogP contribution in [0.25, 0.3) is 0 Å². The molecule has 1 aliphatic rings. The average molecular weight is 373 g/mol. The standard InChI is InChI=1S/C16H21ClN2O4S/c1-19(14-7-9-24(22,23)11-14)16(21)10-15(20)18-8-6-12-2-4-13(17)5-3-12/h2-5,14H,6-11H2,1H3,(H,18,20). The summed E-state index contributed by atoms with van der Waals surface area (Å²) in [6.07, 6.45) is 0.810. The van der Waals surface area contributed by atoms with Crippen LogP contribution in [-0.2, 0) is 25.8 Å². The van der Waals surface area contributed by atoms with E-state index in [1.54, 1.807) is 19.2 Å². The van der Waals surface area contributed by atoms with Gasteiger partial charge in [0.1, 0.15) is 6.42 Å². The molecule has 0 bridgehead atoms. The summed E-state index contributed by atoms with van der Waals surface area (Å²) in [5, 5.41) is 3.36. The van der Waals surface area contributed by atoms with E-state index in [1.807, 2.05) is 12.1 Å². The molecule has 1 unspecified atom stereocenters. The molecule has 8 heteroatoms. The number of rotatable bonds is 6. The fourth-order valence-corrected chi connectivity index (χ4v) is 4.51. The van der Waals surface area contributed by atoms with Gasteiger partial charge in [-0.25, -0.2) is 8.42 Å². The zero-order valence-electron chi connectivity index (χ0n) is 13.5. The molecule has 1 heterocycles. The molecule has 0 saturated carbocycles. The lowest BCUT2D eigenvalue weighted by Crippen LogP contribution is -2.40. The lowest BCUT2D eigenvalue weighted by molar-refractivity contribution is -0.136. The van der Waals surface area contributed by atoms with Gasteiger partial charge in [0.15, 0.2) is 9.84 Å². The SMILES string of the molecule is CN(C(=O)CC(=O)NCCc1ccc(Cl)cc1)C1CCS(=O)(=O)C1. The van der Waals surface area contributed by atoms with Gasteiger partial charge in [0.05, 0.1) is 11.5 Å². The van der Waals surface area contributed by atoms with Gasteiger partial charge in [0, 0.05) is 24.7 Å². The van der Waals surface area contributed by atoms with E-state index in [0.717, 1.165) is 5.56 Å². The number of hydrogen-bond acceptors (Lipinski definition) is 4. The van der Waals surface area contributed by atoms with E-state index in [-0.39, 0.29) is 35.8 Å². The Bertz CT molecular complexity index is 703. The number of nitrogens with zero attached hydrogens (tertiary/aromatic N) is 1. The second-order valence-electron chi connectivity index (χ2n) is 5.96. The molecule has 1 aromatic rings. The molecule has 132 valence electrons. The van der Waals surface area contributed by atoms with Crippen LogP contribution in [0.3, 0.4) is 0 Å². The third kappa shape index (κ3) is 5.49. The first-order valence-electron chi connectivity index (χ1n) is 7.74. The number of benzene rings is 1. The van der Waals surface area contributed by atoms with Gasteiger partial charge in [0.2, 0.25) is 11.8 Å². The van der Waals surface area contributed by atoms with Crippen molar-refractivity contribution in [1.82, 2.24) is 10.2 Å². The Morgan fingerprint density at radius 3 is 2.54 bits per heavy atom. The fourth-order valence-electron chi connectivity index (χ4n) is 2.61. The van der Waals surface area contributed by atoms with Crippen molar-refractivity contribution in [1.29, 1.82) is 0 Å². The third-order valence-electron chi connectivity index (χ3n) is 4.11. The van der Waals surface area contributed by atoms with Crippen molar-refractivity contribution in [3.63, 3.8) is 0 Å². The molecule has 6 nitrogen and oxygen atoms in total.